The average Bonchev–Trinajstić information content (AvgIpc) is 3.50. The van der Waals surface area contributed by atoms with Gasteiger partial charge in [-0.25, -0.2) is 4.68 Å². The quantitative estimate of drug-likeness (QED) is 0.626. The van der Waals surface area contributed by atoms with Crippen molar-refractivity contribution >= 4 is 11.6 Å². The fraction of sp³-hybridized carbons (Fsp3) is 0.292. The number of rotatable bonds is 5. The minimum absolute atomic E-state index is 0.0349. The number of nitrogens with zero attached hydrogens (tertiary/aromatic N) is 7. The van der Waals surface area contributed by atoms with E-state index in [0.717, 1.165) is 42.3 Å². The van der Waals surface area contributed by atoms with Crippen LogP contribution in [0.1, 0.15) is 33.6 Å². The number of hydrogen-bond donors (Lipinski definition) is 0. The molecule has 0 saturated carbocycles. The smallest absolute Gasteiger partial charge is 0.253 e. The first-order chi connectivity index (χ1) is 15.7. The van der Waals surface area contributed by atoms with Crippen molar-refractivity contribution in [3.8, 4) is 11.8 Å². The second-order valence-electron chi connectivity index (χ2n) is 7.96. The number of amides is 1. The van der Waals surface area contributed by atoms with E-state index in [1.54, 1.807) is 4.68 Å². The van der Waals surface area contributed by atoms with Crippen molar-refractivity contribution in [3.05, 3.63) is 77.1 Å². The first kappa shape index (κ1) is 20.1. The standard InChI is InChI=1S/C24H23N7O/c25-10-3-11-29-12-14-30(15-13-29)24(32)18-6-8-20(9-7-18)31-17-22(27-28-31)23-21-5-2-1-4-19(21)16-26-23/h1-2,4-9,17H,3,11-16H2. The molecule has 0 spiro atoms. The van der Waals surface area contributed by atoms with Crippen LogP contribution in [-0.4, -0.2) is 69.1 Å². The lowest BCUT2D eigenvalue weighted by Crippen LogP contribution is -2.48. The van der Waals surface area contributed by atoms with Crippen molar-refractivity contribution in [3.63, 3.8) is 0 Å². The van der Waals surface area contributed by atoms with Crippen LogP contribution in [0.5, 0.6) is 0 Å². The predicted octanol–water partition coefficient (Wildman–Crippen LogP) is 2.29. The largest absolute Gasteiger partial charge is 0.336 e. The molecule has 3 aromatic rings. The molecule has 0 unspecified atom stereocenters. The summed E-state index contributed by atoms with van der Waals surface area (Å²) in [6.45, 7) is 4.41. The van der Waals surface area contributed by atoms with Crippen LogP contribution >= 0.6 is 0 Å². The lowest BCUT2D eigenvalue weighted by atomic mass is 10.0. The predicted molar refractivity (Wildman–Crippen MR) is 120 cm³/mol. The maximum absolute atomic E-state index is 12.9. The molecule has 2 aliphatic heterocycles. The molecule has 8 nitrogen and oxygen atoms in total. The summed E-state index contributed by atoms with van der Waals surface area (Å²) in [5.41, 5.74) is 5.41. The maximum Gasteiger partial charge on any atom is 0.253 e. The number of fused-ring (bicyclic) bond motifs is 1. The molecule has 0 aliphatic carbocycles. The van der Waals surface area contributed by atoms with Crippen LogP contribution in [0.2, 0.25) is 0 Å². The summed E-state index contributed by atoms with van der Waals surface area (Å²) in [4.78, 5) is 21.6. The molecular weight excluding hydrogens is 402 g/mol. The summed E-state index contributed by atoms with van der Waals surface area (Å²) in [6.07, 6.45) is 2.40. The Morgan fingerprint density at radius 1 is 1.03 bits per heavy atom. The van der Waals surface area contributed by atoms with Crippen LogP contribution in [0.3, 0.4) is 0 Å². The summed E-state index contributed by atoms with van der Waals surface area (Å²) < 4.78 is 1.71. The number of hydrogen-bond acceptors (Lipinski definition) is 6. The van der Waals surface area contributed by atoms with Gasteiger partial charge >= 0.3 is 0 Å². The Bertz CT molecular complexity index is 1200. The number of carbonyl (C=O) groups excluding carboxylic acids is 1. The third-order valence-electron chi connectivity index (χ3n) is 5.99. The molecule has 1 aromatic heterocycles. The van der Waals surface area contributed by atoms with Crippen LogP contribution in [0.15, 0.2) is 59.7 Å². The van der Waals surface area contributed by atoms with Gasteiger partial charge in [-0.1, -0.05) is 29.5 Å². The van der Waals surface area contributed by atoms with Crippen molar-refractivity contribution in [1.82, 2.24) is 24.8 Å². The summed E-state index contributed by atoms with van der Waals surface area (Å²) in [6, 6.07) is 17.8. The first-order valence-electron chi connectivity index (χ1n) is 10.8. The Hall–Kier alpha value is -3.83. The summed E-state index contributed by atoms with van der Waals surface area (Å²) in [5.74, 6) is 0.0349. The van der Waals surface area contributed by atoms with Gasteiger partial charge in [0.15, 0.2) is 0 Å². The third kappa shape index (κ3) is 3.90. The Kier molecular flexibility index (Phi) is 5.48. The highest BCUT2D eigenvalue weighted by Gasteiger charge is 2.22. The van der Waals surface area contributed by atoms with Crippen LogP contribution in [0, 0.1) is 11.3 Å². The summed E-state index contributed by atoms with van der Waals surface area (Å²) >= 11 is 0. The van der Waals surface area contributed by atoms with Gasteiger partial charge in [0.25, 0.3) is 5.91 Å². The SMILES string of the molecule is N#CCCN1CCN(C(=O)c2ccc(-n3cc(C4=NCc5ccccc54)nn3)cc2)CC1. The molecule has 1 amide bonds. The fourth-order valence-electron chi connectivity index (χ4n) is 4.18. The van der Waals surface area contributed by atoms with Crippen LogP contribution in [0.25, 0.3) is 5.69 Å². The van der Waals surface area contributed by atoms with Crippen molar-refractivity contribution < 1.29 is 4.79 Å². The van der Waals surface area contributed by atoms with Crippen molar-refractivity contribution in [1.29, 1.82) is 5.26 Å². The highest BCUT2D eigenvalue weighted by atomic mass is 16.2. The van der Waals surface area contributed by atoms with E-state index in [0.29, 0.717) is 31.6 Å². The minimum atomic E-state index is 0.0349. The van der Waals surface area contributed by atoms with Gasteiger partial charge in [0, 0.05) is 50.3 Å². The minimum Gasteiger partial charge on any atom is -0.336 e. The van der Waals surface area contributed by atoms with Gasteiger partial charge in [0.2, 0.25) is 0 Å². The highest BCUT2D eigenvalue weighted by molar-refractivity contribution is 6.13. The Balaban J connectivity index is 1.25. The average molecular weight is 425 g/mol. The van der Waals surface area contributed by atoms with Gasteiger partial charge in [0.1, 0.15) is 5.69 Å². The topological polar surface area (TPSA) is 90.4 Å². The van der Waals surface area contributed by atoms with E-state index < -0.39 is 0 Å². The summed E-state index contributed by atoms with van der Waals surface area (Å²) in [5, 5.41) is 17.3. The lowest BCUT2D eigenvalue weighted by molar-refractivity contribution is 0.0639. The molecule has 0 atom stereocenters. The van der Waals surface area contributed by atoms with E-state index in [9.17, 15) is 4.79 Å². The van der Waals surface area contributed by atoms with Gasteiger partial charge in [-0.05, 0) is 29.8 Å². The molecule has 2 aliphatic rings. The number of aromatic nitrogens is 3. The monoisotopic (exact) mass is 425 g/mol. The van der Waals surface area contributed by atoms with Crippen molar-refractivity contribution in [2.45, 2.75) is 13.0 Å². The maximum atomic E-state index is 12.9. The van der Waals surface area contributed by atoms with Crippen molar-refractivity contribution in [2.75, 3.05) is 32.7 Å². The lowest BCUT2D eigenvalue weighted by Gasteiger charge is -2.34. The molecule has 5 rings (SSSR count). The molecule has 160 valence electrons. The van der Waals surface area contributed by atoms with Gasteiger partial charge in [0.05, 0.1) is 30.2 Å². The van der Waals surface area contributed by atoms with Crippen molar-refractivity contribution in [2.24, 2.45) is 4.99 Å². The Morgan fingerprint density at radius 2 is 1.81 bits per heavy atom. The van der Waals surface area contributed by atoms with E-state index in [4.69, 9.17) is 5.26 Å². The van der Waals surface area contributed by atoms with E-state index in [2.05, 4.69) is 38.4 Å². The Labute approximate surface area is 186 Å². The molecule has 1 fully saturated rings. The third-order valence-corrected chi connectivity index (χ3v) is 5.99. The van der Waals surface area contributed by atoms with Gasteiger partial charge in [-0.2, -0.15) is 5.26 Å². The molecule has 2 aromatic carbocycles. The number of carbonyl (C=O) groups is 1. The van der Waals surface area contributed by atoms with E-state index in [-0.39, 0.29) is 5.91 Å². The van der Waals surface area contributed by atoms with Gasteiger partial charge < -0.3 is 4.90 Å². The van der Waals surface area contributed by atoms with Crippen LogP contribution in [-0.2, 0) is 6.54 Å². The molecule has 32 heavy (non-hydrogen) atoms. The van der Waals surface area contributed by atoms with Crippen LogP contribution < -0.4 is 0 Å². The normalized spacial score (nSPS) is 15.8. The highest BCUT2D eigenvalue weighted by Crippen LogP contribution is 2.22. The molecule has 0 bridgehead atoms. The second-order valence-corrected chi connectivity index (χ2v) is 7.96. The van der Waals surface area contributed by atoms with Gasteiger partial charge in [-0.15, -0.1) is 5.10 Å². The first-order valence-corrected chi connectivity index (χ1v) is 10.8. The van der Waals surface area contributed by atoms with Crippen LogP contribution in [0.4, 0.5) is 0 Å². The second kappa shape index (κ2) is 8.73. The number of nitriles is 1. The van der Waals surface area contributed by atoms with Gasteiger partial charge in [-0.3, -0.25) is 14.7 Å². The molecular formula is C24H23N7O. The molecule has 0 N–H and O–H groups in total. The number of piperazine rings is 1. The van der Waals surface area contributed by atoms with E-state index >= 15 is 0 Å². The van der Waals surface area contributed by atoms with E-state index in [1.165, 1.54) is 5.56 Å². The zero-order valence-corrected chi connectivity index (χ0v) is 17.7. The molecule has 3 heterocycles. The summed E-state index contributed by atoms with van der Waals surface area (Å²) in [7, 11) is 0. The molecule has 0 radical (unpaired) electrons. The molecule has 8 heteroatoms. The Morgan fingerprint density at radius 3 is 2.59 bits per heavy atom. The number of aliphatic imine (C=N–C) groups is 1. The molecule has 1 saturated heterocycles. The zero-order chi connectivity index (χ0) is 21.9. The zero-order valence-electron chi connectivity index (χ0n) is 17.7. The van der Waals surface area contributed by atoms with E-state index in [1.807, 2.05) is 47.5 Å². The number of benzene rings is 2. The fourth-order valence-corrected chi connectivity index (χ4v) is 4.18.